The first-order valence-electron chi connectivity index (χ1n) is 6.65. The van der Waals surface area contributed by atoms with Crippen LogP contribution in [-0.2, 0) is 9.59 Å². The quantitative estimate of drug-likeness (QED) is 0.842. The SMILES string of the molecule is CCC1NC(=O)C(C2CC2)N(CCSC(F)(F)F)C1=O. The molecule has 20 heavy (non-hydrogen) atoms. The average Bonchev–Trinajstić information content (AvgIpc) is 3.15. The van der Waals surface area contributed by atoms with Gasteiger partial charge in [0.25, 0.3) is 0 Å². The number of piperazine rings is 1. The Bertz CT molecular complexity index is 399. The van der Waals surface area contributed by atoms with E-state index in [1.54, 1.807) is 6.92 Å². The van der Waals surface area contributed by atoms with E-state index >= 15 is 0 Å². The van der Waals surface area contributed by atoms with Crippen molar-refractivity contribution in [1.29, 1.82) is 0 Å². The zero-order chi connectivity index (χ0) is 14.9. The lowest BCUT2D eigenvalue weighted by atomic mass is 10.0. The van der Waals surface area contributed by atoms with Crippen molar-refractivity contribution >= 4 is 23.6 Å². The number of alkyl halides is 3. The molecule has 2 unspecified atom stereocenters. The predicted octanol–water partition coefficient (Wildman–Crippen LogP) is 1.75. The van der Waals surface area contributed by atoms with Gasteiger partial charge in [-0.1, -0.05) is 6.92 Å². The Morgan fingerprint density at radius 1 is 1.35 bits per heavy atom. The third kappa shape index (κ3) is 3.59. The normalized spacial score (nSPS) is 27.7. The molecule has 1 saturated heterocycles. The van der Waals surface area contributed by atoms with Gasteiger partial charge in [0, 0.05) is 12.3 Å². The molecular weight excluding hydrogens is 293 g/mol. The summed E-state index contributed by atoms with van der Waals surface area (Å²) in [7, 11) is 0. The number of hydrogen-bond acceptors (Lipinski definition) is 3. The van der Waals surface area contributed by atoms with Gasteiger partial charge in [-0.05, 0) is 36.9 Å². The van der Waals surface area contributed by atoms with Crippen LogP contribution < -0.4 is 5.32 Å². The lowest BCUT2D eigenvalue weighted by molar-refractivity contribution is -0.150. The Morgan fingerprint density at radius 3 is 2.50 bits per heavy atom. The van der Waals surface area contributed by atoms with Crippen LogP contribution in [0.25, 0.3) is 0 Å². The highest BCUT2D eigenvalue weighted by atomic mass is 32.2. The van der Waals surface area contributed by atoms with Gasteiger partial charge in [0.15, 0.2) is 0 Å². The average molecular weight is 310 g/mol. The van der Waals surface area contributed by atoms with E-state index in [4.69, 9.17) is 0 Å². The molecule has 0 radical (unpaired) electrons. The molecule has 114 valence electrons. The fourth-order valence-electron chi connectivity index (χ4n) is 2.46. The van der Waals surface area contributed by atoms with Gasteiger partial charge in [0.1, 0.15) is 12.1 Å². The van der Waals surface area contributed by atoms with Crippen molar-refractivity contribution in [1.82, 2.24) is 10.2 Å². The maximum absolute atomic E-state index is 12.2. The Hall–Kier alpha value is -0.920. The lowest BCUT2D eigenvalue weighted by Crippen LogP contribution is -2.64. The first-order chi connectivity index (χ1) is 9.33. The molecule has 2 aliphatic rings. The maximum Gasteiger partial charge on any atom is 0.441 e. The maximum atomic E-state index is 12.2. The van der Waals surface area contributed by atoms with Gasteiger partial charge in [-0.3, -0.25) is 9.59 Å². The molecule has 1 saturated carbocycles. The van der Waals surface area contributed by atoms with E-state index in [-0.39, 0.29) is 41.8 Å². The molecule has 0 aromatic heterocycles. The molecule has 8 heteroatoms. The highest BCUT2D eigenvalue weighted by Crippen LogP contribution is 2.37. The van der Waals surface area contributed by atoms with E-state index < -0.39 is 17.6 Å². The van der Waals surface area contributed by atoms with Crippen molar-refractivity contribution in [2.24, 2.45) is 5.92 Å². The van der Waals surface area contributed by atoms with E-state index in [0.29, 0.717) is 6.42 Å². The summed E-state index contributed by atoms with van der Waals surface area (Å²) in [6, 6.07) is -1.19. The fraction of sp³-hybridized carbons (Fsp3) is 0.833. The summed E-state index contributed by atoms with van der Waals surface area (Å²) in [6.07, 6.45) is 2.15. The molecule has 0 spiro atoms. The Balaban J connectivity index is 2.03. The second kappa shape index (κ2) is 5.83. The zero-order valence-electron chi connectivity index (χ0n) is 11.1. The van der Waals surface area contributed by atoms with Crippen molar-refractivity contribution in [3.63, 3.8) is 0 Å². The molecule has 1 N–H and O–H groups in total. The number of carbonyl (C=O) groups is 2. The van der Waals surface area contributed by atoms with Gasteiger partial charge in [-0.25, -0.2) is 0 Å². The summed E-state index contributed by atoms with van der Waals surface area (Å²) in [5, 5.41) is 2.66. The molecule has 1 aliphatic heterocycles. The third-order valence-electron chi connectivity index (χ3n) is 3.58. The van der Waals surface area contributed by atoms with Crippen LogP contribution >= 0.6 is 11.8 Å². The fourth-order valence-corrected chi connectivity index (χ4v) is 2.98. The first kappa shape index (κ1) is 15.5. The molecule has 2 atom stereocenters. The minimum atomic E-state index is -4.31. The van der Waals surface area contributed by atoms with Gasteiger partial charge < -0.3 is 10.2 Å². The molecule has 2 amide bonds. The van der Waals surface area contributed by atoms with Crippen LogP contribution in [0.1, 0.15) is 26.2 Å². The van der Waals surface area contributed by atoms with Crippen LogP contribution in [0.15, 0.2) is 0 Å². The van der Waals surface area contributed by atoms with Crippen molar-refractivity contribution in [2.45, 2.75) is 43.8 Å². The summed E-state index contributed by atoms with van der Waals surface area (Å²) in [4.78, 5) is 25.6. The van der Waals surface area contributed by atoms with Crippen LogP contribution in [0.2, 0.25) is 0 Å². The number of nitrogens with zero attached hydrogens (tertiary/aromatic N) is 1. The van der Waals surface area contributed by atoms with E-state index in [2.05, 4.69) is 5.32 Å². The van der Waals surface area contributed by atoms with Crippen molar-refractivity contribution in [3.05, 3.63) is 0 Å². The number of nitrogens with one attached hydrogen (secondary N) is 1. The summed E-state index contributed by atoms with van der Waals surface area (Å²) in [5.41, 5.74) is -4.31. The standard InChI is InChI=1S/C12H17F3N2O2S/c1-2-8-11(19)17(5-6-20-12(13,14)15)9(7-3-4-7)10(18)16-8/h7-9H,2-6H2,1H3,(H,16,18). The van der Waals surface area contributed by atoms with Crippen molar-refractivity contribution in [3.8, 4) is 0 Å². The second-order valence-corrected chi connectivity index (χ2v) is 6.24. The van der Waals surface area contributed by atoms with E-state index in [1.807, 2.05) is 0 Å². The zero-order valence-corrected chi connectivity index (χ0v) is 11.9. The molecule has 1 heterocycles. The molecule has 0 bridgehead atoms. The van der Waals surface area contributed by atoms with Crippen LogP contribution in [0, 0.1) is 5.92 Å². The van der Waals surface area contributed by atoms with E-state index in [1.165, 1.54) is 4.90 Å². The molecular formula is C12H17F3N2O2S. The largest absolute Gasteiger partial charge is 0.441 e. The van der Waals surface area contributed by atoms with Crippen molar-refractivity contribution in [2.75, 3.05) is 12.3 Å². The molecule has 2 rings (SSSR count). The summed E-state index contributed by atoms with van der Waals surface area (Å²) >= 11 is -0.152. The number of rotatable bonds is 5. The van der Waals surface area contributed by atoms with Gasteiger partial charge in [0.05, 0.1) is 0 Å². The molecule has 1 aliphatic carbocycles. The van der Waals surface area contributed by atoms with Crippen molar-refractivity contribution < 1.29 is 22.8 Å². The molecule has 0 aromatic carbocycles. The lowest BCUT2D eigenvalue weighted by Gasteiger charge is -2.39. The third-order valence-corrected chi connectivity index (χ3v) is 4.29. The Kier molecular flexibility index (Phi) is 4.51. The minimum absolute atomic E-state index is 0.0336. The number of hydrogen-bond donors (Lipinski definition) is 1. The van der Waals surface area contributed by atoms with Crippen LogP contribution in [0.4, 0.5) is 13.2 Å². The van der Waals surface area contributed by atoms with E-state index in [0.717, 1.165) is 12.8 Å². The number of halogens is 3. The second-order valence-electron chi connectivity index (χ2n) is 5.08. The molecule has 0 aromatic rings. The number of carbonyl (C=O) groups excluding carboxylic acids is 2. The first-order valence-corrected chi connectivity index (χ1v) is 7.63. The van der Waals surface area contributed by atoms with Gasteiger partial charge >= 0.3 is 5.51 Å². The highest BCUT2D eigenvalue weighted by Gasteiger charge is 2.47. The van der Waals surface area contributed by atoms with E-state index in [9.17, 15) is 22.8 Å². The predicted molar refractivity (Wildman–Crippen MR) is 69.0 cm³/mol. The molecule has 2 fully saturated rings. The topological polar surface area (TPSA) is 49.4 Å². The minimum Gasteiger partial charge on any atom is -0.343 e. The van der Waals surface area contributed by atoms with Gasteiger partial charge in [-0.2, -0.15) is 13.2 Å². The van der Waals surface area contributed by atoms with Crippen LogP contribution in [0.5, 0.6) is 0 Å². The Labute approximate surface area is 119 Å². The highest BCUT2D eigenvalue weighted by molar-refractivity contribution is 8.00. The van der Waals surface area contributed by atoms with Gasteiger partial charge in [0.2, 0.25) is 11.8 Å². The summed E-state index contributed by atoms with van der Waals surface area (Å²) < 4.78 is 36.5. The smallest absolute Gasteiger partial charge is 0.343 e. The number of amides is 2. The monoisotopic (exact) mass is 310 g/mol. The number of thioether (sulfide) groups is 1. The summed E-state index contributed by atoms with van der Waals surface area (Å²) in [6.45, 7) is 1.73. The molecule has 4 nitrogen and oxygen atoms in total. The summed E-state index contributed by atoms with van der Waals surface area (Å²) in [5.74, 6) is -0.613. The van der Waals surface area contributed by atoms with Crippen LogP contribution in [0.3, 0.4) is 0 Å². The van der Waals surface area contributed by atoms with Crippen LogP contribution in [-0.4, -0.2) is 46.6 Å². The van der Waals surface area contributed by atoms with Gasteiger partial charge in [-0.15, -0.1) is 0 Å². The Morgan fingerprint density at radius 2 is 2.00 bits per heavy atom.